The number of hydrogen-bond donors (Lipinski definition) is 1. The minimum atomic E-state index is 0.625. The third kappa shape index (κ3) is 1.98. The number of aromatic amines is 1. The Balaban J connectivity index is 2.00. The van der Waals surface area contributed by atoms with Gasteiger partial charge in [0.25, 0.3) is 0 Å². The van der Waals surface area contributed by atoms with Gasteiger partial charge in [-0.3, -0.25) is 10.1 Å². The van der Waals surface area contributed by atoms with E-state index in [9.17, 15) is 0 Å². The van der Waals surface area contributed by atoms with Crippen molar-refractivity contribution in [1.29, 1.82) is 0 Å². The lowest BCUT2D eigenvalue weighted by molar-refractivity contribution is 1.08. The summed E-state index contributed by atoms with van der Waals surface area (Å²) in [4.78, 5) is 12.6. The Labute approximate surface area is 104 Å². The van der Waals surface area contributed by atoms with Gasteiger partial charge in [-0.1, -0.05) is 23.8 Å². The highest BCUT2D eigenvalue weighted by molar-refractivity contribution is 5.59. The number of nitrogens with zero attached hydrogens (tertiary/aromatic N) is 4. The number of H-pyrrole nitrogens is 1. The molecule has 1 aromatic carbocycles. The van der Waals surface area contributed by atoms with E-state index >= 15 is 0 Å². The molecule has 0 saturated carbocycles. The van der Waals surface area contributed by atoms with E-state index in [1.54, 1.807) is 18.6 Å². The number of rotatable bonds is 2. The zero-order valence-corrected chi connectivity index (χ0v) is 9.83. The topological polar surface area (TPSA) is 67.3 Å². The van der Waals surface area contributed by atoms with Crippen LogP contribution in [0, 0.1) is 6.92 Å². The Bertz CT molecular complexity index is 660. The first-order chi connectivity index (χ1) is 8.83. The molecule has 0 spiro atoms. The van der Waals surface area contributed by atoms with Gasteiger partial charge in [0.15, 0.2) is 11.6 Å². The molecule has 3 rings (SSSR count). The Kier molecular flexibility index (Phi) is 2.57. The lowest BCUT2D eigenvalue weighted by Gasteiger charge is -1.96. The maximum absolute atomic E-state index is 4.42. The van der Waals surface area contributed by atoms with E-state index in [1.807, 2.05) is 31.2 Å². The van der Waals surface area contributed by atoms with Crippen molar-refractivity contribution in [2.24, 2.45) is 0 Å². The second kappa shape index (κ2) is 4.37. The number of benzene rings is 1. The van der Waals surface area contributed by atoms with Crippen LogP contribution in [0.3, 0.4) is 0 Å². The van der Waals surface area contributed by atoms with Gasteiger partial charge in [-0.25, -0.2) is 9.97 Å². The standard InChI is InChI=1S/C13H11N5/c1-9-3-2-4-10(7-9)12-16-13(18-17-12)11-8-14-5-6-15-11/h2-8H,1H3,(H,16,17,18). The highest BCUT2D eigenvalue weighted by Crippen LogP contribution is 2.18. The normalized spacial score (nSPS) is 10.5. The van der Waals surface area contributed by atoms with Crippen LogP contribution >= 0.6 is 0 Å². The van der Waals surface area contributed by atoms with Gasteiger partial charge < -0.3 is 0 Å². The van der Waals surface area contributed by atoms with Crippen LogP contribution in [-0.2, 0) is 0 Å². The Hall–Kier alpha value is -2.56. The van der Waals surface area contributed by atoms with E-state index in [0.717, 1.165) is 5.56 Å². The number of aromatic nitrogens is 5. The van der Waals surface area contributed by atoms with Crippen LogP contribution in [0.5, 0.6) is 0 Å². The molecule has 1 N–H and O–H groups in total. The summed E-state index contributed by atoms with van der Waals surface area (Å²) in [6.07, 6.45) is 4.91. The summed E-state index contributed by atoms with van der Waals surface area (Å²) in [7, 11) is 0. The van der Waals surface area contributed by atoms with Crippen LogP contribution in [0.1, 0.15) is 5.56 Å². The molecule has 0 aliphatic heterocycles. The van der Waals surface area contributed by atoms with Gasteiger partial charge in [-0.2, -0.15) is 5.10 Å². The summed E-state index contributed by atoms with van der Waals surface area (Å²) < 4.78 is 0. The van der Waals surface area contributed by atoms with Crippen molar-refractivity contribution >= 4 is 0 Å². The largest absolute Gasteiger partial charge is 0.261 e. The van der Waals surface area contributed by atoms with Gasteiger partial charge in [-0.15, -0.1) is 0 Å². The van der Waals surface area contributed by atoms with Crippen molar-refractivity contribution in [3.8, 4) is 22.9 Å². The van der Waals surface area contributed by atoms with E-state index in [1.165, 1.54) is 5.56 Å². The first kappa shape index (κ1) is 10.6. The fourth-order valence-corrected chi connectivity index (χ4v) is 1.71. The Morgan fingerprint density at radius 2 is 2.11 bits per heavy atom. The van der Waals surface area contributed by atoms with E-state index in [-0.39, 0.29) is 0 Å². The minimum Gasteiger partial charge on any atom is -0.261 e. The molecule has 0 bridgehead atoms. The third-order valence-electron chi connectivity index (χ3n) is 2.57. The van der Waals surface area contributed by atoms with Crippen LogP contribution < -0.4 is 0 Å². The molecule has 0 radical (unpaired) electrons. The predicted octanol–water partition coefficient (Wildman–Crippen LogP) is 2.24. The molecule has 0 fully saturated rings. The van der Waals surface area contributed by atoms with Crippen molar-refractivity contribution in [2.45, 2.75) is 6.92 Å². The predicted molar refractivity (Wildman–Crippen MR) is 67.6 cm³/mol. The average Bonchev–Trinajstić information content (AvgIpc) is 2.89. The quantitative estimate of drug-likeness (QED) is 0.742. The molecular formula is C13H11N5. The number of nitrogens with one attached hydrogen (secondary N) is 1. The van der Waals surface area contributed by atoms with E-state index in [2.05, 4.69) is 25.1 Å². The fraction of sp³-hybridized carbons (Fsp3) is 0.0769. The van der Waals surface area contributed by atoms with E-state index < -0.39 is 0 Å². The molecule has 88 valence electrons. The maximum atomic E-state index is 4.42. The van der Waals surface area contributed by atoms with Crippen molar-refractivity contribution in [1.82, 2.24) is 25.1 Å². The summed E-state index contributed by atoms with van der Waals surface area (Å²) >= 11 is 0. The molecule has 0 atom stereocenters. The van der Waals surface area contributed by atoms with Gasteiger partial charge >= 0.3 is 0 Å². The van der Waals surface area contributed by atoms with Crippen LogP contribution in [0.15, 0.2) is 42.9 Å². The molecule has 0 amide bonds. The molecule has 5 nitrogen and oxygen atoms in total. The molecule has 0 aliphatic carbocycles. The molecule has 2 aromatic heterocycles. The first-order valence-electron chi connectivity index (χ1n) is 5.59. The lowest BCUT2D eigenvalue weighted by Crippen LogP contribution is -1.86. The second-order valence-electron chi connectivity index (χ2n) is 3.97. The van der Waals surface area contributed by atoms with Gasteiger partial charge in [0.2, 0.25) is 0 Å². The maximum Gasteiger partial charge on any atom is 0.181 e. The molecule has 5 heteroatoms. The summed E-state index contributed by atoms with van der Waals surface area (Å²) in [5, 5.41) is 7.08. The SMILES string of the molecule is Cc1cccc(-c2n[nH]c(-c3cnccn3)n2)c1. The first-order valence-corrected chi connectivity index (χ1v) is 5.59. The average molecular weight is 237 g/mol. The molecule has 3 aromatic rings. The van der Waals surface area contributed by atoms with Crippen LogP contribution in [-0.4, -0.2) is 25.1 Å². The lowest BCUT2D eigenvalue weighted by atomic mass is 10.1. The minimum absolute atomic E-state index is 0.625. The van der Waals surface area contributed by atoms with Gasteiger partial charge in [0.1, 0.15) is 5.69 Å². The van der Waals surface area contributed by atoms with Crippen molar-refractivity contribution in [3.63, 3.8) is 0 Å². The Morgan fingerprint density at radius 3 is 2.89 bits per heavy atom. The Morgan fingerprint density at radius 1 is 1.17 bits per heavy atom. The van der Waals surface area contributed by atoms with Crippen LogP contribution in [0.25, 0.3) is 22.9 Å². The summed E-state index contributed by atoms with van der Waals surface area (Å²) in [6.45, 7) is 2.04. The number of aryl methyl sites for hydroxylation is 1. The monoisotopic (exact) mass is 237 g/mol. The zero-order chi connectivity index (χ0) is 12.4. The van der Waals surface area contributed by atoms with Gasteiger partial charge in [-0.05, 0) is 13.0 Å². The van der Waals surface area contributed by atoms with E-state index in [0.29, 0.717) is 17.3 Å². The molecule has 0 saturated heterocycles. The molecule has 2 heterocycles. The number of hydrogen-bond acceptors (Lipinski definition) is 4. The van der Waals surface area contributed by atoms with Crippen molar-refractivity contribution in [2.75, 3.05) is 0 Å². The highest BCUT2D eigenvalue weighted by Gasteiger charge is 2.08. The molecule has 0 aliphatic rings. The summed E-state index contributed by atoms with van der Waals surface area (Å²) in [5.41, 5.74) is 2.85. The summed E-state index contributed by atoms with van der Waals surface area (Å²) in [5.74, 6) is 1.29. The smallest absolute Gasteiger partial charge is 0.181 e. The zero-order valence-electron chi connectivity index (χ0n) is 9.83. The fourth-order valence-electron chi connectivity index (χ4n) is 1.71. The van der Waals surface area contributed by atoms with Crippen molar-refractivity contribution < 1.29 is 0 Å². The third-order valence-corrected chi connectivity index (χ3v) is 2.57. The molecule has 0 unspecified atom stereocenters. The highest BCUT2D eigenvalue weighted by atomic mass is 15.2. The van der Waals surface area contributed by atoms with Crippen LogP contribution in [0.2, 0.25) is 0 Å². The van der Waals surface area contributed by atoms with Gasteiger partial charge in [0.05, 0.1) is 6.20 Å². The molecule has 18 heavy (non-hydrogen) atoms. The van der Waals surface area contributed by atoms with Crippen molar-refractivity contribution in [3.05, 3.63) is 48.4 Å². The van der Waals surface area contributed by atoms with Gasteiger partial charge in [0, 0.05) is 18.0 Å². The van der Waals surface area contributed by atoms with E-state index in [4.69, 9.17) is 0 Å². The second-order valence-corrected chi connectivity index (χ2v) is 3.97. The van der Waals surface area contributed by atoms with Crippen LogP contribution in [0.4, 0.5) is 0 Å². The summed E-state index contributed by atoms with van der Waals surface area (Å²) in [6, 6.07) is 8.06. The molecular weight excluding hydrogens is 226 g/mol.